The van der Waals surface area contributed by atoms with Crippen molar-refractivity contribution in [3.8, 4) is 11.5 Å². The van der Waals surface area contributed by atoms with Crippen molar-refractivity contribution in [1.82, 2.24) is 0 Å². The van der Waals surface area contributed by atoms with E-state index in [0.717, 1.165) is 11.3 Å². The Morgan fingerprint density at radius 1 is 1.11 bits per heavy atom. The number of anilines is 1. The van der Waals surface area contributed by atoms with Crippen LogP contribution in [0.5, 0.6) is 11.5 Å². The SMILES string of the molecule is C/C(=N\OCC(=O)Nc1ccc(C(C)(C)C)cc1)c1ccc2c(c1)OCO2. The molecule has 3 rings (SSSR count). The minimum absolute atomic E-state index is 0.0760. The number of fused-ring (bicyclic) bond motifs is 1. The zero-order chi connectivity index (χ0) is 19.4. The standard InChI is InChI=1S/C21H24N2O4/c1-14(15-5-10-18-19(11-15)26-13-25-18)23-27-12-20(24)22-17-8-6-16(7-9-17)21(2,3)4/h5-11H,12-13H2,1-4H3,(H,22,24)/b23-14+. The molecule has 0 radical (unpaired) electrons. The lowest BCUT2D eigenvalue weighted by molar-refractivity contribution is -0.120. The van der Waals surface area contributed by atoms with Crippen LogP contribution in [0.25, 0.3) is 0 Å². The molecular formula is C21H24N2O4. The van der Waals surface area contributed by atoms with Gasteiger partial charge in [0.05, 0.1) is 5.71 Å². The van der Waals surface area contributed by atoms with Gasteiger partial charge in [-0.05, 0) is 48.2 Å². The van der Waals surface area contributed by atoms with Crippen LogP contribution in [-0.2, 0) is 15.0 Å². The van der Waals surface area contributed by atoms with Gasteiger partial charge in [0.15, 0.2) is 18.1 Å². The summed E-state index contributed by atoms with van der Waals surface area (Å²) >= 11 is 0. The highest BCUT2D eigenvalue weighted by Crippen LogP contribution is 2.32. The van der Waals surface area contributed by atoms with Gasteiger partial charge >= 0.3 is 0 Å². The summed E-state index contributed by atoms with van der Waals surface area (Å²) in [5.74, 6) is 1.13. The quantitative estimate of drug-likeness (QED) is 0.637. The number of nitrogens with one attached hydrogen (secondary N) is 1. The van der Waals surface area contributed by atoms with Crippen LogP contribution in [-0.4, -0.2) is 25.0 Å². The van der Waals surface area contributed by atoms with Gasteiger partial charge in [0, 0.05) is 11.3 Å². The summed E-state index contributed by atoms with van der Waals surface area (Å²) in [6.07, 6.45) is 0. The highest BCUT2D eigenvalue weighted by Gasteiger charge is 2.15. The van der Waals surface area contributed by atoms with Crippen molar-refractivity contribution in [2.45, 2.75) is 33.1 Å². The molecule has 0 spiro atoms. The smallest absolute Gasteiger partial charge is 0.265 e. The molecule has 0 fully saturated rings. The summed E-state index contributed by atoms with van der Waals surface area (Å²) in [4.78, 5) is 17.2. The second kappa shape index (κ2) is 7.70. The minimum Gasteiger partial charge on any atom is -0.454 e. The van der Waals surface area contributed by atoms with Crippen molar-refractivity contribution >= 4 is 17.3 Å². The molecule has 1 aliphatic rings. The molecule has 1 amide bonds. The fourth-order valence-corrected chi connectivity index (χ4v) is 2.61. The van der Waals surface area contributed by atoms with Gasteiger partial charge in [-0.1, -0.05) is 38.1 Å². The van der Waals surface area contributed by atoms with E-state index in [4.69, 9.17) is 14.3 Å². The van der Waals surface area contributed by atoms with Gasteiger partial charge in [0.25, 0.3) is 5.91 Å². The molecule has 1 heterocycles. The summed E-state index contributed by atoms with van der Waals surface area (Å²) in [6, 6.07) is 13.3. The Labute approximate surface area is 159 Å². The third-order valence-corrected chi connectivity index (χ3v) is 4.22. The van der Waals surface area contributed by atoms with Crippen LogP contribution in [0.15, 0.2) is 47.6 Å². The first kappa shape index (κ1) is 18.8. The lowest BCUT2D eigenvalue weighted by Crippen LogP contribution is -2.17. The first-order valence-electron chi connectivity index (χ1n) is 8.80. The molecule has 6 nitrogen and oxygen atoms in total. The van der Waals surface area contributed by atoms with Crippen LogP contribution in [0.2, 0.25) is 0 Å². The van der Waals surface area contributed by atoms with E-state index in [0.29, 0.717) is 17.2 Å². The van der Waals surface area contributed by atoms with Crippen LogP contribution in [0.1, 0.15) is 38.8 Å². The molecule has 0 unspecified atom stereocenters. The maximum absolute atomic E-state index is 12.0. The third kappa shape index (κ3) is 4.78. The number of hydrogen-bond donors (Lipinski definition) is 1. The summed E-state index contributed by atoms with van der Waals surface area (Å²) in [5, 5.41) is 6.81. The maximum atomic E-state index is 12.0. The summed E-state index contributed by atoms with van der Waals surface area (Å²) in [5.41, 5.74) is 3.51. The van der Waals surface area contributed by atoms with Gasteiger partial charge in [0.2, 0.25) is 6.79 Å². The Morgan fingerprint density at radius 3 is 2.52 bits per heavy atom. The Bertz CT molecular complexity index is 851. The van der Waals surface area contributed by atoms with Crippen LogP contribution in [0.4, 0.5) is 5.69 Å². The van der Waals surface area contributed by atoms with E-state index in [2.05, 4.69) is 31.2 Å². The molecule has 0 saturated heterocycles. The normalized spacial score (nSPS) is 13.4. The zero-order valence-electron chi connectivity index (χ0n) is 16.0. The van der Waals surface area contributed by atoms with Crippen molar-refractivity contribution in [3.05, 3.63) is 53.6 Å². The number of carbonyl (C=O) groups excluding carboxylic acids is 1. The maximum Gasteiger partial charge on any atom is 0.265 e. The Hall–Kier alpha value is -3.02. The number of rotatable bonds is 5. The van der Waals surface area contributed by atoms with Gasteiger partial charge in [0.1, 0.15) is 0 Å². The number of benzene rings is 2. The van der Waals surface area contributed by atoms with E-state index in [1.165, 1.54) is 5.56 Å². The predicted octanol–water partition coefficient (Wildman–Crippen LogP) is 4.09. The van der Waals surface area contributed by atoms with E-state index in [1.807, 2.05) is 42.5 Å². The molecule has 0 aromatic heterocycles. The molecule has 2 aromatic rings. The number of carbonyl (C=O) groups is 1. The van der Waals surface area contributed by atoms with Gasteiger partial charge in [-0.15, -0.1) is 0 Å². The fraction of sp³-hybridized carbons (Fsp3) is 0.333. The Balaban J connectivity index is 1.52. The first-order valence-corrected chi connectivity index (χ1v) is 8.80. The van der Waals surface area contributed by atoms with Gasteiger partial charge in [-0.2, -0.15) is 0 Å². The molecule has 0 saturated carbocycles. The summed E-state index contributed by atoms with van der Waals surface area (Å²) < 4.78 is 10.6. The van der Waals surface area contributed by atoms with Crippen molar-refractivity contribution in [2.75, 3.05) is 18.7 Å². The molecule has 142 valence electrons. The van der Waals surface area contributed by atoms with Gasteiger partial charge < -0.3 is 19.6 Å². The molecule has 0 atom stereocenters. The molecule has 2 aromatic carbocycles. The third-order valence-electron chi connectivity index (χ3n) is 4.22. The van der Waals surface area contributed by atoms with E-state index >= 15 is 0 Å². The monoisotopic (exact) mass is 368 g/mol. The number of oxime groups is 1. The zero-order valence-corrected chi connectivity index (χ0v) is 16.0. The molecule has 6 heteroatoms. The highest BCUT2D eigenvalue weighted by molar-refractivity contribution is 5.99. The molecular weight excluding hydrogens is 344 g/mol. The van der Waals surface area contributed by atoms with Crippen LogP contribution in [0.3, 0.4) is 0 Å². The number of ether oxygens (including phenoxy) is 2. The number of hydrogen-bond acceptors (Lipinski definition) is 5. The van der Waals surface area contributed by atoms with Crippen molar-refractivity contribution in [2.24, 2.45) is 5.16 Å². The number of amides is 1. The van der Waals surface area contributed by atoms with Crippen LogP contribution >= 0.6 is 0 Å². The first-order chi connectivity index (χ1) is 12.8. The average Bonchev–Trinajstić information content (AvgIpc) is 3.09. The molecule has 1 aliphatic heterocycles. The second-order valence-corrected chi connectivity index (χ2v) is 7.39. The second-order valence-electron chi connectivity index (χ2n) is 7.39. The fourth-order valence-electron chi connectivity index (χ4n) is 2.61. The summed E-state index contributed by atoms with van der Waals surface area (Å²) in [6.45, 7) is 8.31. The molecule has 1 N–H and O–H groups in total. The lowest BCUT2D eigenvalue weighted by atomic mass is 9.87. The van der Waals surface area contributed by atoms with Gasteiger partial charge in [-0.25, -0.2) is 0 Å². The molecule has 0 aliphatic carbocycles. The average molecular weight is 368 g/mol. The predicted molar refractivity (Wildman–Crippen MR) is 104 cm³/mol. The van der Waals surface area contributed by atoms with Crippen molar-refractivity contribution in [3.63, 3.8) is 0 Å². The minimum atomic E-state index is -0.263. The van der Waals surface area contributed by atoms with E-state index in [9.17, 15) is 4.79 Å². The van der Waals surface area contributed by atoms with Crippen LogP contribution in [0, 0.1) is 0 Å². The highest BCUT2D eigenvalue weighted by atomic mass is 16.7. The van der Waals surface area contributed by atoms with Gasteiger partial charge in [-0.3, -0.25) is 4.79 Å². The van der Waals surface area contributed by atoms with Crippen molar-refractivity contribution in [1.29, 1.82) is 0 Å². The van der Waals surface area contributed by atoms with E-state index < -0.39 is 0 Å². The molecule has 0 bridgehead atoms. The number of nitrogens with zero attached hydrogens (tertiary/aromatic N) is 1. The van der Waals surface area contributed by atoms with Crippen LogP contribution < -0.4 is 14.8 Å². The lowest BCUT2D eigenvalue weighted by Gasteiger charge is -2.19. The molecule has 27 heavy (non-hydrogen) atoms. The summed E-state index contributed by atoms with van der Waals surface area (Å²) in [7, 11) is 0. The largest absolute Gasteiger partial charge is 0.454 e. The van der Waals surface area contributed by atoms with Crippen molar-refractivity contribution < 1.29 is 19.1 Å². The van der Waals surface area contributed by atoms with E-state index in [-0.39, 0.29) is 24.7 Å². The van der Waals surface area contributed by atoms with E-state index in [1.54, 1.807) is 6.92 Å². The topological polar surface area (TPSA) is 69.2 Å². The Kier molecular flexibility index (Phi) is 5.35. The Morgan fingerprint density at radius 2 is 1.81 bits per heavy atom.